The van der Waals surface area contributed by atoms with E-state index in [4.69, 9.17) is 0 Å². The molecule has 0 spiro atoms. The number of amides is 1. The Morgan fingerprint density at radius 3 is 2.44 bits per heavy atom. The van der Waals surface area contributed by atoms with Gasteiger partial charge in [-0.2, -0.15) is 0 Å². The van der Waals surface area contributed by atoms with E-state index in [0.717, 1.165) is 5.56 Å². The molecule has 0 aliphatic rings. The Morgan fingerprint density at radius 2 is 1.84 bits per heavy atom. The van der Waals surface area contributed by atoms with Gasteiger partial charge in [-0.05, 0) is 38.0 Å². The number of nitrogens with one attached hydrogen (secondary N) is 1. The molecule has 0 saturated carbocycles. The van der Waals surface area contributed by atoms with Crippen LogP contribution in [0.2, 0.25) is 0 Å². The number of methoxy groups -OCH3 is 1. The minimum Gasteiger partial charge on any atom is -0.507 e. The van der Waals surface area contributed by atoms with Gasteiger partial charge in [0.2, 0.25) is 0 Å². The Hall–Kier alpha value is -3.02. The number of rotatable bonds is 4. The minimum absolute atomic E-state index is 0.00468. The van der Waals surface area contributed by atoms with Gasteiger partial charge in [0.15, 0.2) is 0 Å². The maximum absolute atomic E-state index is 12.5. The summed E-state index contributed by atoms with van der Waals surface area (Å²) in [6.07, 6.45) is 0. The molecule has 1 unspecified atom stereocenters. The number of phenolic OH excluding ortho intramolecular Hbond substituents is 2. The van der Waals surface area contributed by atoms with Gasteiger partial charge < -0.3 is 20.3 Å². The van der Waals surface area contributed by atoms with Crippen LogP contribution in [0.25, 0.3) is 11.1 Å². The van der Waals surface area contributed by atoms with Gasteiger partial charge in [-0.15, -0.1) is 0 Å². The lowest BCUT2D eigenvalue weighted by atomic mass is 9.95. The number of aromatic hydroxyl groups is 2. The molecule has 132 valence electrons. The van der Waals surface area contributed by atoms with Crippen molar-refractivity contribution in [1.82, 2.24) is 5.32 Å². The third kappa shape index (κ3) is 3.74. The highest BCUT2D eigenvalue weighted by molar-refractivity contribution is 6.03. The highest BCUT2D eigenvalue weighted by atomic mass is 16.5. The summed E-state index contributed by atoms with van der Waals surface area (Å²) in [5.41, 5.74) is 2.10. The summed E-state index contributed by atoms with van der Waals surface area (Å²) in [6, 6.07) is 7.75. The number of esters is 1. The zero-order valence-electron chi connectivity index (χ0n) is 14.6. The summed E-state index contributed by atoms with van der Waals surface area (Å²) in [7, 11) is 1.23. The molecule has 0 heterocycles. The average molecular weight is 343 g/mol. The number of hydrogen-bond acceptors (Lipinski definition) is 5. The average Bonchev–Trinajstić information content (AvgIpc) is 2.53. The second kappa shape index (κ2) is 7.25. The lowest BCUT2D eigenvalue weighted by molar-refractivity contribution is -0.142. The SMILES string of the molecule is COC(=O)C(C)NC(=O)c1c(C)cc(O)c(-c2cccc(C)c2)c1O. The Labute approximate surface area is 146 Å². The van der Waals surface area contributed by atoms with E-state index >= 15 is 0 Å². The number of benzene rings is 2. The fraction of sp³-hybridized carbons (Fsp3) is 0.263. The van der Waals surface area contributed by atoms with Crippen LogP contribution in [0.5, 0.6) is 11.5 Å². The molecule has 2 aromatic rings. The number of ether oxygens (including phenoxy) is 1. The van der Waals surface area contributed by atoms with E-state index in [1.807, 2.05) is 13.0 Å². The predicted molar refractivity (Wildman–Crippen MR) is 93.6 cm³/mol. The lowest BCUT2D eigenvalue weighted by Gasteiger charge is -2.17. The summed E-state index contributed by atoms with van der Waals surface area (Å²) in [4.78, 5) is 24.0. The highest BCUT2D eigenvalue weighted by Crippen LogP contribution is 2.41. The standard InChI is InChI=1S/C19H21NO5/c1-10-6-5-7-13(8-10)16-14(21)9-11(2)15(17(16)22)18(23)20-12(3)19(24)25-4/h5-9,12,21-22H,1-4H3,(H,20,23). The van der Waals surface area contributed by atoms with Crippen molar-refractivity contribution in [3.05, 3.63) is 47.0 Å². The van der Waals surface area contributed by atoms with Crippen LogP contribution in [0.1, 0.15) is 28.4 Å². The second-order valence-electron chi connectivity index (χ2n) is 5.90. The van der Waals surface area contributed by atoms with Gasteiger partial charge in [0.25, 0.3) is 5.91 Å². The Bertz CT molecular complexity index is 829. The quantitative estimate of drug-likeness (QED) is 0.742. The smallest absolute Gasteiger partial charge is 0.328 e. The lowest BCUT2D eigenvalue weighted by Crippen LogP contribution is -2.39. The van der Waals surface area contributed by atoms with E-state index in [1.54, 1.807) is 25.1 Å². The van der Waals surface area contributed by atoms with E-state index in [9.17, 15) is 19.8 Å². The Kier molecular flexibility index (Phi) is 5.32. The predicted octanol–water partition coefficient (Wildman–Crippen LogP) is 2.67. The van der Waals surface area contributed by atoms with Crippen LogP contribution < -0.4 is 5.32 Å². The van der Waals surface area contributed by atoms with Crippen molar-refractivity contribution in [3.63, 3.8) is 0 Å². The van der Waals surface area contributed by atoms with Crippen LogP contribution in [0, 0.1) is 13.8 Å². The van der Waals surface area contributed by atoms with Crippen LogP contribution in [-0.2, 0) is 9.53 Å². The molecule has 0 saturated heterocycles. The molecule has 2 rings (SSSR count). The zero-order chi connectivity index (χ0) is 18.7. The van der Waals surface area contributed by atoms with E-state index in [1.165, 1.54) is 20.1 Å². The van der Waals surface area contributed by atoms with Crippen molar-refractivity contribution in [3.8, 4) is 22.6 Å². The van der Waals surface area contributed by atoms with E-state index in [2.05, 4.69) is 10.1 Å². The van der Waals surface area contributed by atoms with E-state index in [0.29, 0.717) is 11.1 Å². The van der Waals surface area contributed by atoms with Crippen molar-refractivity contribution in [2.75, 3.05) is 7.11 Å². The fourth-order valence-electron chi connectivity index (χ4n) is 2.66. The molecular formula is C19H21NO5. The molecule has 1 atom stereocenters. The van der Waals surface area contributed by atoms with Crippen molar-refractivity contribution < 1.29 is 24.5 Å². The van der Waals surface area contributed by atoms with E-state index in [-0.39, 0.29) is 22.6 Å². The monoisotopic (exact) mass is 343 g/mol. The van der Waals surface area contributed by atoms with Gasteiger partial charge in [0, 0.05) is 0 Å². The van der Waals surface area contributed by atoms with Crippen molar-refractivity contribution in [1.29, 1.82) is 0 Å². The molecule has 0 fully saturated rings. The molecule has 0 aliphatic carbocycles. The van der Waals surface area contributed by atoms with Gasteiger partial charge in [-0.25, -0.2) is 4.79 Å². The molecule has 25 heavy (non-hydrogen) atoms. The fourth-order valence-corrected chi connectivity index (χ4v) is 2.66. The van der Waals surface area contributed by atoms with Crippen LogP contribution in [0.3, 0.4) is 0 Å². The third-order valence-corrected chi connectivity index (χ3v) is 3.91. The zero-order valence-corrected chi connectivity index (χ0v) is 14.6. The molecule has 0 aromatic heterocycles. The third-order valence-electron chi connectivity index (χ3n) is 3.91. The highest BCUT2D eigenvalue weighted by Gasteiger charge is 2.24. The van der Waals surface area contributed by atoms with E-state index < -0.39 is 17.9 Å². The first-order chi connectivity index (χ1) is 11.8. The Morgan fingerprint density at radius 1 is 1.16 bits per heavy atom. The topological polar surface area (TPSA) is 95.9 Å². The van der Waals surface area contributed by atoms with Gasteiger partial charge >= 0.3 is 5.97 Å². The maximum atomic E-state index is 12.5. The molecule has 6 nitrogen and oxygen atoms in total. The number of hydrogen-bond donors (Lipinski definition) is 3. The summed E-state index contributed by atoms with van der Waals surface area (Å²) in [6.45, 7) is 4.96. The minimum atomic E-state index is -0.868. The Balaban J connectivity index is 2.51. The number of aryl methyl sites for hydroxylation is 2. The van der Waals surface area contributed by atoms with Crippen molar-refractivity contribution >= 4 is 11.9 Å². The maximum Gasteiger partial charge on any atom is 0.328 e. The van der Waals surface area contributed by atoms with Gasteiger partial charge in [-0.3, -0.25) is 4.79 Å². The first-order valence-electron chi connectivity index (χ1n) is 7.77. The number of phenols is 2. The normalized spacial score (nSPS) is 11.7. The van der Waals surface area contributed by atoms with Gasteiger partial charge in [0.05, 0.1) is 18.2 Å². The summed E-state index contributed by atoms with van der Waals surface area (Å²) < 4.78 is 4.58. The molecule has 6 heteroatoms. The molecular weight excluding hydrogens is 322 g/mol. The summed E-state index contributed by atoms with van der Waals surface area (Å²) >= 11 is 0. The first kappa shape index (κ1) is 18.3. The summed E-state index contributed by atoms with van der Waals surface area (Å²) in [5.74, 6) is -1.68. The summed E-state index contributed by atoms with van der Waals surface area (Å²) in [5, 5.41) is 23.4. The number of carbonyl (C=O) groups is 2. The molecule has 0 radical (unpaired) electrons. The van der Waals surface area contributed by atoms with Crippen molar-refractivity contribution in [2.24, 2.45) is 0 Å². The van der Waals surface area contributed by atoms with Crippen molar-refractivity contribution in [2.45, 2.75) is 26.8 Å². The molecule has 1 amide bonds. The van der Waals surface area contributed by atoms with Gasteiger partial charge in [0.1, 0.15) is 17.5 Å². The molecule has 3 N–H and O–H groups in total. The molecule has 0 bridgehead atoms. The first-order valence-corrected chi connectivity index (χ1v) is 7.77. The van der Waals surface area contributed by atoms with Gasteiger partial charge in [-0.1, -0.05) is 29.8 Å². The number of carbonyl (C=O) groups excluding carboxylic acids is 2. The molecule has 2 aromatic carbocycles. The van der Waals surface area contributed by atoms with Crippen LogP contribution in [-0.4, -0.2) is 35.2 Å². The van der Waals surface area contributed by atoms with Crippen LogP contribution in [0.15, 0.2) is 30.3 Å². The van der Waals surface area contributed by atoms with Crippen LogP contribution >= 0.6 is 0 Å². The largest absolute Gasteiger partial charge is 0.507 e. The van der Waals surface area contributed by atoms with Crippen LogP contribution in [0.4, 0.5) is 0 Å². The molecule has 0 aliphatic heterocycles. The second-order valence-corrected chi connectivity index (χ2v) is 5.90.